The van der Waals surface area contributed by atoms with Gasteiger partial charge < -0.3 is 14.0 Å². The largest absolute Gasteiger partial charge is 0.493 e. The van der Waals surface area contributed by atoms with Gasteiger partial charge in [-0.1, -0.05) is 29.8 Å². The molecule has 0 aliphatic rings. The molecule has 1 N–H and O–H groups in total. The van der Waals surface area contributed by atoms with E-state index in [1.807, 2.05) is 6.92 Å². The lowest BCUT2D eigenvalue weighted by molar-refractivity contribution is 0.276. The van der Waals surface area contributed by atoms with Crippen LogP contribution in [0.15, 0.2) is 47.4 Å². The molecule has 2 aromatic rings. The van der Waals surface area contributed by atoms with Gasteiger partial charge >= 0.3 is 10.1 Å². The van der Waals surface area contributed by atoms with Crippen LogP contribution in [0, 0.1) is 6.92 Å². The molecule has 0 atom stereocenters. The molecule has 0 spiro atoms. The van der Waals surface area contributed by atoms with Crippen LogP contribution < -0.4 is 8.92 Å². The molecule has 0 amide bonds. The van der Waals surface area contributed by atoms with Gasteiger partial charge in [-0.3, -0.25) is 0 Å². The van der Waals surface area contributed by atoms with Crippen molar-refractivity contribution < 1.29 is 22.4 Å². The van der Waals surface area contributed by atoms with Crippen LogP contribution in [-0.2, 0) is 16.7 Å². The number of hydrogen-bond donors (Lipinski definition) is 1. The summed E-state index contributed by atoms with van der Waals surface area (Å²) in [5.41, 5.74) is 1.28. The summed E-state index contributed by atoms with van der Waals surface area (Å²) >= 11 is 0. The minimum atomic E-state index is -3.99. The SMILES string of the molecule is COc1cccc(CO)c1OS(=O)(=O)c1ccc(C)cc1. The van der Waals surface area contributed by atoms with E-state index in [2.05, 4.69) is 0 Å². The maximum Gasteiger partial charge on any atom is 0.339 e. The maximum atomic E-state index is 12.3. The molecule has 0 fully saturated rings. The predicted octanol–water partition coefficient (Wildman–Crippen LogP) is 2.26. The van der Waals surface area contributed by atoms with Gasteiger partial charge in [-0.15, -0.1) is 0 Å². The van der Waals surface area contributed by atoms with E-state index < -0.39 is 10.1 Å². The molecule has 2 rings (SSSR count). The van der Waals surface area contributed by atoms with E-state index in [9.17, 15) is 13.5 Å². The molecule has 0 heterocycles. The molecule has 2 aromatic carbocycles. The average Bonchev–Trinajstić information content (AvgIpc) is 2.47. The second-order valence-corrected chi connectivity index (χ2v) is 6.00. The van der Waals surface area contributed by atoms with Crippen LogP contribution in [0.1, 0.15) is 11.1 Å². The molecule has 0 aliphatic heterocycles. The number of para-hydroxylation sites is 1. The van der Waals surface area contributed by atoms with Crippen LogP contribution in [-0.4, -0.2) is 20.6 Å². The number of ether oxygens (including phenoxy) is 1. The zero-order valence-electron chi connectivity index (χ0n) is 11.7. The van der Waals surface area contributed by atoms with Crippen molar-refractivity contribution in [3.8, 4) is 11.5 Å². The van der Waals surface area contributed by atoms with Crippen LogP contribution in [0.5, 0.6) is 11.5 Å². The summed E-state index contributed by atoms with van der Waals surface area (Å²) in [7, 11) is -2.58. The maximum absolute atomic E-state index is 12.3. The van der Waals surface area contributed by atoms with Gasteiger partial charge in [0.1, 0.15) is 4.90 Å². The summed E-state index contributed by atoms with van der Waals surface area (Å²) in [6, 6.07) is 11.1. The summed E-state index contributed by atoms with van der Waals surface area (Å²) in [5.74, 6) is 0.250. The van der Waals surface area contributed by atoms with Crippen LogP contribution in [0.2, 0.25) is 0 Å². The number of aryl methyl sites for hydroxylation is 1. The number of rotatable bonds is 5. The third-order valence-corrected chi connectivity index (χ3v) is 4.19. The molecular formula is C15H16O5S. The zero-order chi connectivity index (χ0) is 15.5. The highest BCUT2D eigenvalue weighted by Gasteiger charge is 2.21. The average molecular weight is 308 g/mol. The fraction of sp³-hybridized carbons (Fsp3) is 0.200. The van der Waals surface area contributed by atoms with Gasteiger partial charge in [0.2, 0.25) is 0 Å². The molecule has 0 saturated carbocycles. The first-order chi connectivity index (χ1) is 9.97. The summed E-state index contributed by atoms with van der Waals surface area (Å²) in [5, 5.41) is 9.31. The van der Waals surface area contributed by atoms with E-state index in [-0.39, 0.29) is 23.0 Å². The summed E-state index contributed by atoms with van der Waals surface area (Å²) in [6.07, 6.45) is 0. The van der Waals surface area contributed by atoms with Crippen LogP contribution in [0.4, 0.5) is 0 Å². The van der Waals surface area contributed by atoms with Gasteiger partial charge in [0.05, 0.1) is 13.7 Å². The van der Waals surface area contributed by atoms with Crippen molar-refractivity contribution in [2.75, 3.05) is 7.11 Å². The zero-order valence-corrected chi connectivity index (χ0v) is 12.6. The molecule has 112 valence electrons. The molecule has 21 heavy (non-hydrogen) atoms. The first-order valence-electron chi connectivity index (χ1n) is 6.26. The van der Waals surface area contributed by atoms with Crippen molar-refractivity contribution in [1.29, 1.82) is 0 Å². The number of hydrogen-bond acceptors (Lipinski definition) is 5. The fourth-order valence-corrected chi connectivity index (χ4v) is 2.78. The number of methoxy groups -OCH3 is 1. The summed E-state index contributed by atoms with van der Waals surface area (Å²) in [4.78, 5) is 0.0443. The van der Waals surface area contributed by atoms with Gasteiger partial charge in [-0.2, -0.15) is 8.42 Å². The van der Waals surface area contributed by atoms with E-state index >= 15 is 0 Å². The van der Waals surface area contributed by atoms with Gasteiger partial charge in [0, 0.05) is 5.56 Å². The van der Waals surface area contributed by atoms with E-state index in [4.69, 9.17) is 8.92 Å². The third-order valence-electron chi connectivity index (χ3n) is 2.95. The highest BCUT2D eigenvalue weighted by molar-refractivity contribution is 7.87. The summed E-state index contributed by atoms with van der Waals surface area (Å²) in [6.45, 7) is 1.51. The molecule has 0 bridgehead atoms. The molecule has 6 heteroatoms. The highest BCUT2D eigenvalue weighted by Crippen LogP contribution is 2.33. The molecule has 5 nitrogen and oxygen atoms in total. The second kappa shape index (κ2) is 6.15. The van der Waals surface area contributed by atoms with Crippen LogP contribution >= 0.6 is 0 Å². The predicted molar refractivity (Wildman–Crippen MR) is 77.9 cm³/mol. The molecule has 0 saturated heterocycles. The van der Waals surface area contributed by atoms with Gasteiger partial charge in [0.15, 0.2) is 11.5 Å². The van der Waals surface area contributed by atoms with E-state index in [0.29, 0.717) is 5.56 Å². The molecule has 0 unspecified atom stereocenters. The Hall–Kier alpha value is -2.05. The first kappa shape index (κ1) is 15.3. The lowest BCUT2D eigenvalue weighted by Crippen LogP contribution is -2.12. The monoisotopic (exact) mass is 308 g/mol. The molecule has 0 aliphatic carbocycles. The van der Waals surface area contributed by atoms with Gasteiger partial charge in [0.25, 0.3) is 0 Å². The Labute approximate surface area is 123 Å². The van der Waals surface area contributed by atoms with Crippen molar-refractivity contribution in [2.24, 2.45) is 0 Å². The smallest absolute Gasteiger partial charge is 0.339 e. The highest BCUT2D eigenvalue weighted by atomic mass is 32.2. The Morgan fingerprint density at radius 2 is 1.76 bits per heavy atom. The van der Waals surface area contributed by atoms with Crippen molar-refractivity contribution in [2.45, 2.75) is 18.4 Å². The van der Waals surface area contributed by atoms with Crippen molar-refractivity contribution in [1.82, 2.24) is 0 Å². The Balaban J connectivity index is 2.43. The third kappa shape index (κ3) is 3.34. The number of benzene rings is 2. The lowest BCUT2D eigenvalue weighted by atomic mass is 10.2. The second-order valence-electron chi connectivity index (χ2n) is 4.46. The lowest BCUT2D eigenvalue weighted by Gasteiger charge is -2.13. The van der Waals surface area contributed by atoms with Crippen molar-refractivity contribution in [3.63, 3.8) is 0 Å². The first-order valence-corrected chi connectivity index (χ1v) is 7.66. The van der Waals surface area contributed by atoms with Gasteiger partial charge in [-0.05, 0) is 25.1 Å². The minimum absolute atomic E-state index is 0.00285. The Morgan fingerprint density at radius 1 is 1.10 bits per heavy atom. The number of aliphatic hydroxyl groups excluding tert-OH is 1. The van der Waals surface area contributed by atoms with E-state index in [0.717, 1.165) is 5.56 Å². The fourth-order valence-electron chi connectivity index (χ4n) is 1.80. The van der Waals surface area contributed by atoms with E-state index in [1.54, 1.807) is 30.3 Å². The molecular weight excluding hydrogens is 292 g/mol. The topological polar surface area (TPSA) is 72.8 Å². The molecule has 0 radical (unpaired) electrons. The van der Waals surface area contributed by atoms with Crippen molar-refractivity contribution >= 4 is 10.1 Å². The molecule has 0 aromatic heterocycles. The normalized spacial score (nSPS) is 11.2. The number of aliphatic hydroxyl groups is 1. The van der Waals surface area contributed by atoms with Crippen LogP contribution in [0.3, 0.4) is 0 Å². The standard InChI is InChI=1S/C15H16O5S/c1-11-6-8-13(9-7-11)21(17,18)20-15-12(10-16)4-3-5-14(15)19-2/h3-9,16H,10H2,1-2H3. The van der Waals surface area contributed by atoms with Crippen LogP contribution in [0.25, 0.3) is 0 Å². The Morgan fingerprint density at radius 3 is 2.33 bits per heavy atom. The Bertz CT molecular complexity index is 698. The summed E-state index contributed by atoms with van der Waals surface area (Å²) < 4.78 is 34.8. The van der Waals surface area contributed by atoms with Crippen molar-refractivity contribution in [3.05, 3.63) is 53.6 Å². The minimum Gasteiger partial charge on any atom is -0.493 e. The van der Waals surface area contributed by atoms with Gasteiger partial charge in [-0.25, -0.2) is 0 Å². The van der Waals surface area contributed by atoms with E-state index in [1.165, 1.54) is 19.2 Å². The Kier molecular flexibility index (Phi) is 4.50. The quantitative estimate of drug-likeness (QED) is 0.858.